The smallest absolute Gasteiger partial charge is 0.158 e. The molecular weight excluding hydrogens is 250 g/mol. The van der Waals surface area contributed by atoms with E-state index in [1.54, 1.807) is 6.07 Å². The first kappa shape index (κ1) is 13.6. The molecule has 2 rings (SSSR count). The van der Waals surface area contributed by atoms with Gasteiger partial charge in [-0.15, -0.1) is 0 Å². The fraction of sp³-hybridized carbons (Fsp3) is 0.692. The zero-order valence-electron chi connectivity index (χ0n) is 10.8. The van der Waals surface area contributed by atoms with Gasteiger partial charge in [0.25, 0.3) is 0 Å². The predicted octanol–water partition coefficient (Wildman–Crippen LogP) is 3.27. The van der Waals surface area contributed by atoms with Crippen LogP contribution in [0, 0.1) is 5.92 Å². The van der Waals surface area contributed by atoms with Gasteiger partial charge in [0.2, 0.25) is 0 Å². The molecule has 1 fully saturated rings. The molecule has 0 spiro atoms. The first-order valence-electron chi connectivity index (χ1n) is 6.63. The number of ether oxygens (including phenoxy) is 1. The van der Waals surface area contributed by atoms with Crippen LogP contribution in [-0.4, -0.2) is 23.1 Å². The molecule has 1 aliphatic carbocycles. The van der Waals surface area contributed by atoms with Gasteiger partial charge in [0.1, 0.15) is 17.6 Å². The average Bonchev–Trinajstić information content (AvgIpc) is 3.15. The molecule has 0 aliphatic heterocycles. The fourth-order valence-corrected chi connectivity index (χ4v) is 2.03. The Bertz CT molecular complexity index is 382. The lowest BCUT2D eigenvalue weighted by Gasteiger charge is -2.07. The number of nitrogens with one attached hydrogen (secondary N) is 1. The third-order valence-electron chi connectivity index (χ3n) is 2.97. The lowest BCUT2D eigenvalue weighted by molar-refractivity contribution is 0.128. The summed E-state index contributed by atoms with van der Waals surface area (Å²) in [6, 6.07) is 1.76. The van der Waals surface area contributed by atoms with Crippen molar-refractivity contribution in [3.05, 3.63) is 17.0 Å². The normalized spacial score (nSPS) is 14.8. The molecule has 0 saturated heterocycles. The molecule has 1 aromatic rings. The number of nitrogens with zero attached hydrogens (tertiary/aromatic N) is 2. The van der Waals surface area contributed by atoms with Crippen LogP contribution < -0.4 is 5.32 Å². The summed E-state index contributed by atoms with van der Waals surface area (Å²) in [5, 5.41) is 3.76. The maximum Gasteiger partial charge on any atom is 0.158 e. The molecule has 1 aliphatic rings. The SMILES string of the molecule is CCOCc1nc(Cl)cc(NCCCC2CC2)n1. The minimum atomic E-state index is 0.411. The third-order valence-corrected chi connectivity index (χ3v) is 3.16. The third kappa shape index (κ3) is 4.78. The highest BCUT2D eigenvalue weighted by molar-refractivity contribution is 6.29. The Kier molecular flexibility index (Phi) is 5.20. The standard InChI is InChI=1S/C13H20ClN3O/c1-2-18-9-13-16-11(14)8-12(17-13)15-7-3-4-10-5-6-10/h8,10H,2-7,9H2,1H3,(H,15,16,17). The number of halogens is 1. The van der Waals surface area contributed by atoms with Gasteiger partial charge in [0.15, 0.2) is 5.82 Å². The van der Waals surface area contributed by atoms with Gasteiger partial charge < -0.3 is 10.1 Å². The van der Waals surface area contributed by atoms with Crippen molar-refractivity contribution in [3.63, 3.8) is 0 Å². The Morgan fingerprint density at radius 2 is 2.28 bits per heavy atom. The van der Waals surface area contributed by atoms with E-state index in [-0.39, 0.29) is 0 Å². The second kappa shape index (κ2) is 6.90. The van der Waals surface area contributed by atoms with E-state index in [1.807, 2.05) is 6.92 Å². The van der Waals surface area contributed by atoms with Crippen molar-refractivity contribution >= 4 is 17.4 Å². The zero-order chi connectivity index (χ0) is 12.8. The summed E-state index contributed by atoms with van der Waals surface area (Å²) in [4.78, 5) is 8.50. The summed E-state index contributed by atoms with van der Waals surface area (Å²) in [5.74, 6) is 2.41. The van der Waals surface area contributed by atoms with Crippen LogP contribution in [0.25, 0.3) is 0 Å². The van der Waals surface area contributed by atoms with Gasteiger partial charge in [-0.25, -0.2) is 9.97 Å². The number of hydrogen-bond acceptors (Lipinski definition) is 4. The molecule has 0 radical (unpaired) electrons. The van der Waals surface area contributed by atoms with Gasteiger partial charge in [0, 0.05) is 19.2 Å². The van der Waals surface area contributed by atoms with Crippen LogP contribution in [0.5, 0.6) is 0 Å². The van der Waals surface area contributed by atoms with Crippen LogP contribution >= 0.6 is 11.6 Å². The van der Waals surface area contributed by atoms with Crippen molar-refractivity contribution in [2.45, 2.75) is 39.2 Å². The molecule has 0 aromatic carbocycles. The maximum atomic E-state index is 5.96. The van der Waals surface area contributed by atoms with Crippen molar-refractivity contribution in [1.29, 1.82) is 0 Å². The molecular formula is C13H20ClN3O. The maximum absolute atomic E-state index is 5.96. The molecule has 0 unspecified atom stereocenters. The van der Waals surface area contributed by atoms with Gasteiger partial charge in [0.05, 0.1) is 0 Å². The molecule has 0 amide bonds. The molecule has 5 heteroatoms. The Hall–Kier alpha value is -0.870. The van der Waals surface area contributed by atoms with E-state index in [2.05, 4.69) is 15.3 Å². The Labute approximate surface area is 113 Å². The van der Waals surface area contributed by atoms with Gasteiger partial charge in [-0.2, -0.15) is 0 Å². The van der Waals surface area contributed by atoms with Gasteiger partial charge in [-0.1, -0.05) is 24.4 Å². The summed E-state index contributed by atoms with van der Waals surface area (Å²) in [6.07, 6.45) is 5.33. The minimum Gasteiger partial charge on any atom is -0.374 e. The zero-order valence-corrected chi connectivity index (χ0v) is 11.5. The molecule has 1 N–H and O–H groups in total. The number of anilines is 1. The quantitative estimate of drug-likeness (QED) is 0.581. The molecule has 0 atom stereocenters. The van der Waals surface area contributed by atoms with Crippen molar-refractivity contribution in [2.24, 2.45) is 5.92 Å². The Morgan fingerprint density at radius 3 is 3.00 bits per heavy atom. The molecule has 0 bridgehead atoms. The number of hydrogen-bond donors (Lipinski definition) is 1. The van der Waals surface area contributed by atoms with E-state index in [4.69, 9.17) is 16.3 Å². The molecule has 1 heterocycles. The lowest BCUT2D eigenvalue weighted by atomic mass is 10.2. The summed E-state index contributed by atoms with van der Waals surface area (Å²) < 4.78 is 5.28. The Morgan fingerprint density at radius 1 is 1.44 bits per heavy atom. The molecule has 1 aromatic heterocycles. The van der Waals surface area contributed by atoms with Crippen molar-refractivity contribution < 1.29 is 4.74 Å². The predicted molar refractivity (Wildman–Crippen MR) is 72.8 cm³/mol. The summed E-state index contributed by atoms with van der Waals surface area (Å²) >= 11 is 5.96. The summed E-state index contributed by atoms with van der Waals surface area (Å²) in [5.41, 5.74) is 0. The fourth-order valence-electron chi connectivity index (χ4n) is 1.83. The van der Waals surface area contributed by atoms with Crippen molar-refractivity contribution in [1.82, 2.24) is 9.97 Å². The van der Waals surface area contributed by atoms with Crippen molar-refractivity contribution in [2.75, 3.05) is 18.5 Å². The minimum absolute atomic E-state index is 0.411. The highest BCUT2D eigenvalue weighted by atomic mass is 35.5. The molecule has 100 valence electrons. The first-order valence-corrected chi connectivity index (χ1v) is 7.01. The second-order valence-electron chi connectivity index (χ2n) is 4.64. The van der Waals surface area contributed by atoms with Crippen LogP contribution in [0.1, 0.15) is 38.4 Å². The first-order chi connectivity index (χ1) is 8.78. The average molecular weight is 270 g/mol. The van der Waals surface area contributed by atoms with Gasteiger partial charge in [-0.3, -0.25) is 0 Å². The van der Waals surface area contributed by atoms with Crippen LogP contribution in [0.2, 0.25) is 5.15 Å². The van der Waals surface area contributed by atoms with E-state index in [0.717, 1.165) is 18.3 Å². The van der Waals surface area contributed by atoms with Gasteiger partial charge in [-0.05, 0) is 25.7 Å². The lowest BCUT2D eigenvalue weighted by Crippen LogP contribution is -2.07. The number of rotatable bonds is 8. The largest absolute Gasteiger partial charge is 0.374 e. The van der Waals surface area contributed by atoms with Crippen LogP contribution in [0.4, 0.5) is 5.82 Å². The number of aromatic nitrogens is 2. The van der Waals surface area contributed by atoms with E-state index in [9.17, 15) is 0 Å². The van der Waals surface area contributed by atoms with E-state index in [0.29, 0.717) is 24.2 Å². The monoisotopic (exact) mass is 269 g/mol. The van der Waals surface area contributed by atoms with E-state index < -0.39 is 0 Å². The highest BCUT2D eigenvalue weighted by Crippen LogP contribution is 2.33. The van der Waals surface area contributed by atoms with E-state index >= 15 is 0 Å². The topological polar surface area (TPSA) is 47.0 Å². The Balaban J connectivity index is 1.79. The molecule has 4 nitrogen and oxygen atoms in total. The molecule has 1 saturated carbocycles. The summed E-state index contributed by atoms with van der Waals surface area (Å²) in [7, 11) is 0. The van der Waals surface area contributed by atoms with Crippen LogP contribution in [0.15, 0.2) is 6.07 Å². The van der Waals surface area contributed by atoms with Gasteiger partial charge >= 0.3 is 0 Å². The highest BCUT2D eigenvalue weighted by Gasteiger charge is 2.19. The van der Waals surface area contributed by atoms with Crippen molar-refractivity contribution in [3.8, 4) is 0 Å². The second-order valence-corrected chi connectivity index (χ2v) is 5.03. The van der Waals surface area contributed by atoms with Crippen LogP contribution in [-0.2, 0) is 11.3 Å². The van der Waals surface area contributed by atoms with E-state index in [1.165, 1.54) is 25.7 Å². The van der Waals surface area contributed by atoms with Crippen LogP contribution in [0.3, 0.4) is 0 Å². The summed E-state index contributed by atoms with van der Waals surface area (Å²) in [6.45, 7) is 3.95. The molecule has 18 heavy (non-hydrogen) atoms.